The van der Waals surface area contributed by atoms with E-state index in [2.05, 4.69) is 0 Å². The summed E-state index contributed by atoms with van der Waals surface area (Å²) in [5, 5.41) is 0. The van der Waals surface area contributed by atoms with Crippen LogP contribution in [0.4, 0.5) is 4.79 Å². The first kappa shape index (κ1) is 16.0. The second-order valence-electron chi connectivity index (χ2n) is 4.54. The van der Waals surface area contributed by atoms with Crippen molar-refractivity contribution in [1.29, 1.82) is 0 Å². The third-order valence-corrected chi connectivity index (χ3v) is 2.87. The van der Waals surface area contributed by atoms with Crippen LogP contribution >= 0.6 is 0 Å². The van der Waals surface area contributed by atoms with Crippen LogP contribution in [0.1, 0.15) is 15.9 Å². The van der Waals surface area contributed by atoms with Gasteiger partial charge in [-0.3, -0.25) is 15.0 Å². The molecule has 2 aromatic rings. The first-order valence-electron chi connectivity index (χ1n) is 6.74. The molecule has 0 aliphatic heterocycles. The number of nitrogens with one attached hydrogen (secondary N) is 2. The number of amides is 3. The van der Waals surface area contributed by atoms with Crippen LogP contribution in [-0.4, -0.2) is 17.7 Å². The maximum Gasteiger partial charge on any atom is 0.330 e. The molecule has 4 N–H and O–H groups in total. The van der Waals surface area contributed by atoms with E-state index in [9.17, 15) is 14.4 Å². The molecule has 0 aliphatic rings. The predicted octanol–water partition coefficient (Wildman–Crippen LogP) is 1.15. The monoisotopic (exact) mass is 313 g/mol. The third kappa shape index (κ3) is 4.57. The molecule has 3 amide bonds. The summed E-state index contributed by atoms with van der Waals surface area (Å²) in [5.74, 6) is -1.59. The number of benzene rings is 2. The Morgan fingerprint density at radius 3 is 2.26 bits per heavy atom. The molecule has 0 radical (unpaired) electrons. The van der Waals surface area contributed by atoms with Gasteiger partial charge < -0.3 is 10.5 Å². The molecule has 0 unspecified atom stereocenters. The van der Waals surface area contributed by atoms with Gasteiger partial charge in [0.05, 0.1) is 5.56 Å². The number of nitrogens with two attached hydrogens (primary N) is 1. The van der Waals surface area contributed by atoms with E-state index in [4.69, 9.17) is 10.5 Å². The van der Waals surface area contributed by atoms with Crippen molar-refractivity contribution in [3.63, 3.8) is 0 Å². The summed E-state index contributed by atoms with van der Waals surface area (Å²) in [6.45, 7) is 0.256. The Morgan fingerprint density at radius 2 is 1.57 bits per heavy atom. The fourth-order valence-corrected chi connectivity index (χ4v) is 1.81. The number of primary amides is 1. The highest BCUT2D eigenvalue weighted by molar-refractivity contribution is 6.43. The van der Waals surface area contributed by atoms with E-state index < -0.39 is 17.7 Å². The zero-order valence-corrected chi connectivity index (χ0v) is 12.1. The van der Waals surface area contributed by atoms with Gasteiger partial charge in [-0.15, -0.1) is 0 Å². The lowest BCUT2D eigenvalue weighted by molar-refractivity contribution is -0.117. The van der Waals surface area contributed by atoms with Gasteiger partial charge in [0.25, 0.3) is 5.78 Å². The molecule has 7 heteroatoms. The number of carbonyl (C=O) groups is 3. The number of carbonyl (C=O) groups excluding carboxylic acids is 3. The molecule has 0 bridgehead atoms. The first-order chi connectivity index (χ1) is 11.1. The number of hydrazine groups is 1. The average Bonchev–Trinajstić information content (AvgIpc) is 2.58. The molecule has 0 aromatic heterocycles. The Bertz CT molecular complexity index is 716. The lowest BCUT2D eigenvalue weighted by Gasteiger charge is -2.11. The third-order valence-electron chi connectivity index (χ3n) is 2.87. The maximum absolute atomic E-state index is 12.1. The van der Waals surface area contributed by atoms with E-state index in [0.29, 0.717) is 0 Å². The molecule has 2 aromatic carbocycles. The quantitative estimate of drug-likeness (QED) is 0.437. The van der Waals surface area contributed by atoms with E-state index in [-0.39, 0.29) is 17.9 Å². The highest BCUT2D eigenvalue weighted by atomic mass is 16.5. The van der Waals surface area contributed by atoms with E-state index in [1.165, 1.54) is 6.07 Å². The van der Waals surface area contributed by atoms with Crippen molar-refractivity contribution >= 4 is 17.7 Å². The summed E-state index contributed by atoms with van der Waals surface area (Å²) in [6, 6.07) is 14.8. The number of urea groups is 1. The Kier molecular flexibility index (Phi) is 5.30. The SMILES string of the molecule is NC(=O)NNC(=O)C(=O)c1ccccc1OCc1ccccc1. The summed E-state index contributed by atoms with van der Waals surface area (Å²) in [4.78, 5) is 34.3. The van der Waals surface area contributed by atoms with Crippen molar-refractivity contribution in [2.75, 3.05) is 0 Å². The molecular formula is C16H15N3O4. The summed E-state index contributed by atoms with van der Waals surface area (Å²) in [7, 11) is 0. The zero-order chi connectivity index (χ0) is 16.7. The van der Waals surface area contributed by atoms with Crippen LogP contribution in [0.2, 0.25) is 0 Å². The van der Waals surface area contributed by atoms with Gasteiger partial charge in [-0.05, 0) is 17.7 Å². The van der Waals surface area contributed by atoms with Crippen molar-refractivity contribution < 1.29 is 19.1 Å². The van der Waals surface area contributed by atoms with E-state index in [1.807, 2.05) is 41.2 Å². The smallest absolute Gasteiger partial charge is 0.330 e. The van der Waals surface area contributed by atoms with Gasteiger partial charge in [-0.25, -0.2) is 10.2 Å². The van der Waals surface area contributed by atoms with E-state index in [1.54, 1.807) is 18.2 Å². The minimum atomic E-state index is -1.01. The van der Waals surface area contributed by atoms with Gasteiger partial charge in [0.1, 0.15) is 12.4 Å². The number of rotatable bonds is 5. The summed E-state index contributed by atoms with van der Waals surface area (Å²) >= 11 is 0. The zero-order valence-electron chi connectivity index (χ0n) is 12.1. The second-order valence-corrected chi connectivity index (χ2v) is 4.54. The lowest BCUT2D eigenvalue weighted by Crippen LogP contribution is -2.47. The van der Waals surface area contributed by atoms with Crippen molar-refractivity contribution in [2.45, 2.75) is 6.61 Å². The largest absolute Gasteiger partial charge is 0.488 e. The molecule has 23 heavy (non-hydrogen) atoms. The average molecular weight is 313 g/mol. The number of hydrogen-bond donors (Lipinski definition) is 3. The summed E-state index contributed by atoms with van der Waals surface area (Å²) in [5.41, 5.74) is 9.60. The van der Waals surface area contributed by atoms with Gasteiger partial charge in [0.2, 0.25) is 0 Å². The fraction of sp³-hybridized carbons (Fsp3) is 0.0625. The van der Waals surface area contributed by atoms with Crippen molar-refractivity contribution in [1.82, 2.24) is 10.9 Å². The van der Waals surface area contributed by atoms with Crippen LogP contribution in [0, 0.1) is 0 Å². The molecule has 0 atom stereocenters. The van der Waals surface area contributed by atoms with Crippen molar-refractivity contribution in [3.8, 4) is 5.75 Å². The minimum absolute atomic E-state index is 0.0900. The standard InChI is InChI=1S/C16H15N3O4/c17-16(22)19-18-15(21)14(20)12-8-4-5-9-13(12)23-10-11-6-2-1-3-7-11/h1-9H,10H2,(H,18,21)(H3,17,19,22). The lowest BCUT2D eigenvalue weighted by atomic mass is 10.1. The van der Waals surface area contributed by atoms with Crippen LogP contribution in [0.5, 0.6) is 5.75 Å². The molecule has 0 spiro atoms. The number of hydrogen-bond acceptors (Lipinski definition) is 4. The van der Waals surface area contributed by atoms with Gasteiger partial charge in [0, 0.05) is 0 Å². The number of Topliss-reactive ketones (excluding diaryl/α,β-unsaturated/α-hetero) is 1. The first-order valence-corrected chi connectivity index (χ1v) is 6.74. The Labute approximate surface area is 132 Å². The van der Waals surface area contributed by atoms with Crippen LogP contribution in [0.15, 0.2) is 54.6 Å². The summed E-state index contributed by atoms with van der Waals surface area (Å²) < 4.78 is 5.61. The molecular weight excluding hydrogens is 298 g/mol. The molecule has 0 heterocycles. The molecule has 0 saturated carbocycles. The van der Waals surface area contributed by atoms with Crippen LogP contribution in [0.3, 0.4) is 0 Å². The second kappa shape index (κ2) is 7.60. The molecule has 0 fully saturated rings. The predicted molar refractivity (Wildman–Crippen MR) is 82.4 cm³/mol. The highest BCUT2D eigenvalue weighted by Crippen LogP contribution is 2.20. The van der Waals surface area contributed by atoms with Crippen LogP contribution < -0.4 is 21.3 Å². The normalized spacial score (nSPS) is 9.74. The van der Waals surface area contributed by atoms with Crippen molar-refractivity contribution in [3.05, 3.63) is 65.7 Å². The highest BCUT2D eigenvalue weighted by Gasteiger charge is 2.20. The molecule has 0 aliphatic carbocycles. The van der Waals surface area contributed by atoms with Gasteiger partial charge in [-0.2, -0.15) is 0 Å². The molecule has 118 valence electrons. The fourth-order valence-electron chi connectivity index (χ4n) is 1.81. The number of ether oxygens (including phenoxy) is 1. The van der Waals surface area contributed by atoms with E-state index in [0.717, 1.165) is 5.56 Å². The topological polar surface area (TPSA) is 111 Å². The molecule has 0 saturated heterocycles. The minimum Gasteiger partial charge on any atom is -0.488 e. The number of para-hydroxylation sites is 1. The Hall–Kier alpha value is -3.35. The van der Waals surface area contributed by atoms with Gasteiger partial charge in [0.15, 0.2) is 0 Å². The molecule has 2 rings (SSSR count). The van der Waals surface area contributed by atoms with E-state index >= 15 is 0 Å². The van der Waals surface area contributed by atoms with Gasteiger partial charge in [-0.1, -0.05) is 42.5 Å². The Balaban J connectivity index is 2.09. The number of ketones is 1. The van der Waals surface area contributed by atoms with Crippen LogP contribution in [-0.2, 0) is 11.4 Å². The maximum atomic E-state index is 12.1. The molecule has 7 nitrogen and oxygen atoms in total. The Morgan fingerprint density at radius 1 is 0.913 bits per heavy atom. The van der Waals surface area contributed by atoms with Crippen LogP contribution in [0.25, 0.3) is 0 Å². The van der Waals surface area contributed by atoms with Crippen molar-refractivity contribution in [2.24, 2.45) is 5.73 Å². The summed E-state index contributed by atoms with van der Waals surface area (Å²) in [6.07, 6.45) is 0. The van der Waals surface area contributed by atoms with Gasteiger partial charge >= 0.3 is 11.9 Å².